The number of amides is 1. The summed E-state index contributed by atoms with van der Waals surface area (Å²) in [5.74, 6) is 2.54. The van der Waals surface area contributed by atoms with Gasteiger partial charge in [0.25, 0.3) is 5.91 Å². The van der Waals surface area contributed by atoms with Gasteiger partial charge < -0.3 is 23.8 Å². The average Bonchev–Trinajstić information content (AvgIpc) is 3.09. The van der Waals surface area contributed by atoms with Crippen LogP contribution in [0.1, 0.15) is 6.42 Å². The molecule has 4 rings (SSSR count). The first-order chi connectivity index (χ1) is 14.5. The minimum Gasteiger partial charge on any atom is -0.493 e. The molecule has 0 bridgehead atoms. The summed E-state index contributed by atoms with van der Waals surface area (Å²) in [4.78, 5) is 13.8. The lowest BCUT2D eigenvalue weighted by atomic mass is 9.99. The van der Waals surface area contributed by atoms with Crippen LogP contribution in [-0.2, 0) is 4.79 Å². The van der Waals surface area contributed by atoms with Gasteiger partial charge in [0, 0.05) is 25.6 Å². The highest BCUT2D eigenvalue weighted by atomic mass is 16.5. The molecule has 3 aromatic rings. The van der Waals surface area contributed by atoms with E-state index in [-0.39, 0.29) is 5.91 Å². The summed E-state index contributed by atoms with van der Waals surface area (Å²) in [5.41, 5.74) is 1.92. The molecular weight excluding hydrogens is 382 g/mol. The van der Waals surface area contributed by atoms with Crippen molar-refractivity contribution in [3.63, 3.8) is 0 Å². The highest BCUT2D eigenvalue weighted by Crippen LogP contribution is 2.44. The zero-order valence-electron chi connectivity index (χ0n) is 17.6. The highest BCUT2D eigenvalue weighted by Gasteiger charge is 2.30. The van der Waals surface area contributed by atoms with Crippen LogP contribution in [0.3, 0.4) is 0 Å². The molecule has 6 nitrogen and oxygen atoms in total. The number of hydrogen-bond donors (Lipinski definition) is 0. The molecule has 0 saturated carbocycles. The van der Waals surface area contributed by atoms with Gasteiger partial charge >= 0.3 is 0 Å². The summed E-state index contributed by atoms with van der Waals surface area (Å²) in [6.07, 6.45) is 0.313. The molecule has 156 valence electrons. The molecule has 1 fully saturated rings. The molecule has 1 aliphatic rings. The Labute approximate surface area is 175 Å². The molecule has 1 heterocycles. The topological polar surface area (TPSA) is 57.2 Å². The summed E-state index contributed by atoms with van der Waals surface area (Å²) in [6.45, 7) is 0.730. The van der Waals surface area contributed by atoms with E-state index in [1.807, 2.05) is 42.5 Å². The van der Waals surface area contributed by atoms with Crippen molar-refractivity contribution in [1.29, 1.82) is 0 Å². The smallest absolute Gasteiger partial charge is 0.263 e. The quantitative estimate of drug-likeness (QED) is 0.615. The van der Waals surface area contributed by atoms with Gasteiger partial charge in [0.1, 0.15) is 5.75 Å². The maximum Gasteiger partial charge on any atom is 0.263 e. The predicted octanol–water partition coefficient (Wildman–Crippen LogP) is 4.14. The maximum atomic E-state index is 12.1. The molecule has 1 atom stereocenters. The van der Waals surface area contributed by atoms with Crippen molar-refractivity contribution in [2.24, 2.45) is 0 Å². The second kappa shape index (κ2) is 8.14. The lowest BCUT2D eigenvalue weighted by Crippen LogP contribution is -2.29. The number of nitrogens with zero attached hydrogens (tertiary/aromatic N) is 1. The van der Waals surface area contributed by atoms with Crippen molar-refractivity contribution in [3.8, 4) is 34.1 Å². The second-order valence-corrected chi connectivity index (χ2v) is 7.26. The molecule has 30 heavy (non-hydrogen) atoms. The Morgan fingerprint density at radius 3 is 2.27 bits per heavy atom. The number of hydrogen-bond acceptors (Lipinski definition) is 5. The summed E-state index contributed by atoms with van der Waals surface area (Å²) in [6, 6.07) is 15.9. The molecule has 3 aromatic carbocycles. The number of ether oxygens (including phenoxy) is 4. The molecule has 0 N–H and O–H groups in total. The Morgan fingerprint density at radius 1 is 0.867 bits per heavy atom. The Bertz CT molecular complexity index is 1090. The Balaban J connectivity index is 1.67. The van der Waals surface area contributed by atoms with Crippen molar-refractivity contribution in [1.82, 2.24) is 4.90 Å². The van der Waals surface area contributed by atoms with Crippen molar-refractivity contribution in [2.75, 3.05) is 34.9 Å². The van der Waals surface area contributed by atoms with E-state index in [4.69, 9.17) is 18.9 Å². The maximum absolute atomic E-state index is 12.1. The first-order valence-electron chi connectivity index (χ1n) is 9.80. The van der Waals surface area contributed by atoms with Gasteiger partial charge in [-0.25, -0.2) is 0 Å². The molecule has 6 heteroatoms. The molecular formula is C24H25NO5. The van der Waals surface area contributed by atoms with Gasteiger partial charge in [-0.2, -0.15) is 0 Å². The number of rotatable bonds is 6. The van der Waals surface area contributed by atoms with Crippen LogP contribution in [-0.4, -0.2) is 51.8 Å². The summed E-state index contributed by atoms with van der Waals surface area (Å²) in [5, 5.41) is 2.10. The van der Waals surface area contributed by atoms with E-state index < -0.39 is 6.10 Å². The molecule has 1 unspecified atom stereocenters. The SMILES string of the molecule is COc1ccc(-c2ccc3cc(OC4CCN(C)C4=O)ccc3c2)c(OC)c1OC. The van der Waals surface area contributed by atoms with Crippen LogP contribution < -0.4 is 18.9 Å². The van der Waals surface area contributed by atoms with Crippen LogP contribution in [0.5, 0.6) is 23.0 Å². The normalized spacial score (nSPS) is 16.1. The number of carbonyl (C=O) groups is 1. The van der Waals surface area contributed by atoms with Crippen LogP contribution in [0.2, 0.25) is 0 Å². The fourth-order valence-corrected chi connectivity index (χ4v) is 3.86. The van der Waals surface area contributed by atoms with Crippen molar-refractivity contribution in [2.45, 2.75) is 12.5 Å². The van der Waals surface area contributed by atoms with Gasteiger partial charge in [-0.05, 0) is 46.7 Å². The van der Waals surface area contributed by atoms with E-state index in [0.717, 1.165) is 28.4 Å². The number of fused-ring (bicyclic) bond motifs is 1. The van der Waals surface area contributed by atoms with Crippen molar-refractivity contribution < 1.29 is 23.7 Å². The first kappa shape index (κ1) is 19.9. The van der Waals surface area contributed by atoms with E-state index in [1.54, 1.807) is 33.3 Å². The molecule has 0 aromatic heterocycles. The monoisotopic (exact) mass is 407 g/mol. The molecule has 1 saturated heterocycles. The molecule has 1 aliphatic heterocycles. The molecule has 1 amide bonds. The van der Waals surface area contributed by atoms with Gasteiger partial charge in [-0.1, -0.05) is 18.2 Å². The van der Waals surface area contributed by atoms with E-state index >= 15 is 0 Å². The minimum atomic E-state index is -0.400. The van der Waals surface area contributed by atoms with Crippen LogP contribution in [0.15, 0.2) is 48.5 Å². The lowest BCUT2D eigenvalue weighted by Gasteiger charge is -2.16. The lowest BCUT2D eigenvalue weighted by molar-refractivity contribution is -0.132. The van der Waals surface area contributed by atoms with Gasteiger partial charge in [0.05, 0.1) is 21.3 Å². The van der Waals surface area contributed by atoms with E-state index in [9.17, 15) is 4.79 Å². The van der Waals surface area contributed by atoms with E-state index in [0.29, 0.717) is 29.4 Å². The first-order valence-corrected chi connectivity index (χ1v) is 9.80. The fraction of sp³-hybridized carbons (Fsp3) is 0.292. The minimum absolute atomic E-state index is 0.0333. The van der Waals surface area contributed by atoms with Crippen LogP contribution in [0.4, 0.5) is 0 Å². The van der Waals surface area contributed by atoms with Crippen molar-refractivity contribution >= 4 is 16.7 Å². The second-order valence-electron chi connectivity index (χ2n) is 7.26. The largest absolute Gasteiger partial charge is 0.493 e. The van der Waals surface area contributed by atoms with Crippen LogP contribution in [0.25, 0.3) is 21.9 Å². The highest BCUT2D eigenvalue weighted by molar-refractivity contribution is 5.90. The standard InChI is InChI=1S/C24H25NO5/c1-25-12-11-21(24(25)26)30-18-8-7-15-13-17(6-5-16(15)14-18)19-9-10-20(27-2)23(29-4)22(19)28-3/h5-10,13-14,21H,11-12H2,1-4H3. The number of carbonyl (C=O) groups excluding carboxylic acids is 1. The molecule has 0 radical (unpaired) electrons. The van der Waals surface area contributed by atoms with Crippen LogP contribution >= 0.6 is 0 Å². The summed E-state index contributed by atoms with van der Waals surface area (Å²) in [7, 11) is 6.62. The Morgan fingerprint density at radius 2 is 1.60 bits per heavy atom. The van der Waals surface area contributed by atoms with Crippen molar-refractivity contribution in [3.05, 3.63) is 48.5 Å². The third kappa shape index (κ3) is 3.49. The number of methoxy groups -OCH3 is 3. The predicted molar refractivity (Wildman–Crippen MR) is 116 cm³/mol. The van der Waals surface area contributed by atoms with Gasteiger partial charge in [-0.3, -0.25) is 4.79 Å². The average molecular weight is 407 g/mol. The summed E-state index contributed by atoms with van der Waals surface area (Å²) >= 11 is 0. The van der Waals surface area contributed by atoms with Gasteiger partial charge in [0.2, 0.25) is 5.75 Å². The van der Waals surface area contributed by atoms with E-state index in [1.165, 1.54) is 0 Å². The molecule has 0 spiro atoms. The number of likely N-dealkylation sites (tertiary alicyclic amines) is 1. The zero-order chi connectivity index (χ0) is 21.3. The van der Waals surface area contributed by atoms with Gasteiger partial charge in [-0.15, -0.1) is 0 Å². The number of likely N-dealkylation sites (N-methyl/N-ethyl adjacent to an activating group) is 1. The third-order valence-electron chi connectivity index (χ3n) is 5.48. The molecule has 0 aliphatic carbocycles. The van der Waals surface area contributed by atoms with E-state index in [2.05, 4.69) is 6.07 Å². The fourth-order valence-electron chi connectivity index (χ4n) is 3.86. The zero-order valence-corrected chi connectivity index (χ0v) is 17.6. The summed E-state index contributed by atoms with van der Waals surface area (Å²) < 4.78 is 22.4. The Hall–Kier alpha value is -3.41. The Kier molecular flexibility index (Phi) is 5.40. The van der Waals surface area contributed by atoms with Crippen LogP contribution in [0, 0.1) is 0 Å². The third-order valence-corrected chi connectivity index (χ3v) is 5.48. The van der Waals surface area contributed by atoms with Gasteiger partial charge in [0.15, 0.2) is 17.6 Å². The number of benzene rings is 3.